The largest absolute Gasteiger partial charge is 0.493 e. The molecule has 13 heteroatoms. The number of amides is 1. The Bertz CT molecular complexity index is 1090. The highest BCUT2D eigenvalue weighted by atomic mass is 79.9. The van der Waals surface area contributed by atoms with Gasteiger partial charge in [-0.05, 0) is 45.5 Å². The first-order chi connectivity index (χ1) is 13.7. The minimum atomic E-state index is -3.78. The van der Waals surface area contributed by atoms with Crippen molar-refractivity contribution in [2.75, 3.05) is 24.4 Å². The highest BCUT2D eigenvalue weighted by Gasteiger charge is 2.18. The smallest absolute Gasteiger partial charge is 0.306 e. The molecule has 0 aliphatic rings. The van der Waals surface area contributed by atoms with Gasteiger partial charge in [-0.15, -0.1) is 0 Å². The molecule has 29 heavy (non-hydrogen) atoms. The van der Waals surface area contributed by atoms with Crippen LogP contribution in [0.25, 0.3) is 6.08 Å². The second-order valence-electron chi connectivity index (χ2n) is 5.26. The molecule has 0 radical (unpaired) electrons. The van der Waals surface area contributed by atoms with Gasteiger partial charge in [0.15, 0.2) is 11.5 Å². The first-order valence-corrected chi connectivity index (χ1v) is 12.2. The second kappa shape index (κ2) is 10.1. The summed E-state index contributed by atoms with van der Waals surface area (Å²) >= 11 is 5.66. The number of nitrogens with zero attached hydrogens (tertiary/aromatic N) is 3. The second-order valence-corrected chi connectivity index (χ2v) is 9.67. The van der Waals surface area contributed by atoms with Crippen molar-refractivity contribution < 1.29 is 22.1 Å². The molecule has 1 aromatic carbocycles. The van der Waals surface area contributed by atoms with E-state index in [2.05, 4.69) is 30.6 Å². The maximum atomic E-state index is 12.4. The molecule has 1 heterocycles. The molecule has 2 aromatic rings. The number of hydrogen-bond donors (Lipinski definition) is 1. The fourth-order valence-electron chi connectivity index (χ4n) is 1.98. The van der Waals surface area contributed by atoms with Gasteiger partial charge in [-0.1, -0.05) is 18.7 Å². The van der Waals surface area contributed by atoms with Crippen molar-refractivity contribution >= 4 is 66.5 Å². The molecule has 1 aromatic heterocycles. The van der Waals surface area contributed by atoms with Crippen LogP contribution in [0.15, 0.2) is 27.3 Å². The minimum absolute atomic E-state index is 0.0371. The number of ether oxygens (including phenoxy) is 1. The van der Waals surface area contributed by atoms with Crippen LogP contribution in [-0.2, 0) is 14.9 Å². The Morgan fingerprint density at radius 1 is 1.48 bits per heavy atom. The van der Waals surface area contributed by atoms with Gasteiger partial charge in [-0.25, -0.2) is 0 Å². The van der Waals surface area contributed by atoms with E-state index in [0.717, 1.165) is 23.5 Å². The van der Waals surface area contributed by atoms with Gasteiger partial charge in [0, 0.05) is 11.5 Å². The lowest BCUT2D eigenvalue weighted by Crippen LogP contribution is -2.13. The van der Waals surface area contributed by atoms with Crippen molar-refractivity contribution in [2.24, 2.45) is 0 Å². The van der Waals surface area contributed by atoms with Gasteiger partial charge < -0.3 is 8.92 Å². The van der Waals surface area contributed by atoms with Crippen molar-refractivity contribution in [3.05, 3.63) is 27.7 Å². The van der Waals surface area contributed by atoms with Crippen molar-refractivity contribution in [3.63, 3.8) is 0 Å². The van der Waals surface area contributed by atoms with E-state index in [1.165, 1.54) is 37.1 Å². The van der Waals surface area contributed by atoms with Crippen LogP contribution in [-0.4, -0.2) is 42.8 Å². The predicted molar refractivity (Wildman–Crippen MR) is 115 cm³/mol. The topological polar surface area (TPSA) is 131 Å². The van der Waals surface area contributed by atoms with Crippen molar-refractivity contribution in [1.82, 2.24) is 9.36 Å². The van der Waals surface area contributed by atoms with Crippen LogP contribution < -0.4 is 14.2 Å². The molecule has 0 spiro atoms. The van der Waals surface area contributed by atoms with E-state index < -0.39 is 16.0 Å². The van der Waals surface area contributed by atoms with E-state index >= 15 is 0 Å². The number of halogens is 1. The Hall–Kier alpha value is -2.14. The molecule has 0 saturated heterocycles. The van der Waals surface area contributed by atoms with Gasteiger partial charge >= 0.3 is 10.1 Å². The molecule has 9 nitrogen and oxygen atoms in total. The lowest BCUT2D eigenvalue weighted by molar-refractivity contribution is -0.112. The van der Waals surface area contributed by atoms with Crippen molar-refractivity contribution in [2.45, 2.75) is 12.1 Å². The van der Waals surface area contributed by atoms with Crippen LogP contribution in [0.5, 0.6) is 11.5 Å². The Balaban J connectivity index is 2.30. The number of carbonyl (C=O) groups is 1. The number of aromatic nitrogens is 2. The fourth-order valence-corrected chi connectivity index (χ4v) is 4.37. The molecular weight excluding hydrogens is 504 g/mol. The number of hydrogen-bond acceptors (Lipinski definition) is 10. The number of nitriles is 1. The number of thioether (sulfide) groups is 1. The molecule has 1 amide bonds. The monoisotopic (exact) mass is 518 g/mol. The van der Waals surface area contributed by atoms with E-state index in [1.807, 2.05) is 13.0 Å². The third kappa shape index (κ3) is 6.70. The average molecular weight is 519 g/mol. The molecule has 0 atom stereocenters. The van der Waals surface area contributed by atoms with Crippen LogP contribution >= 0.6 is 39.2 Å². The van der Waals surface area contributed by atoms with Crippen LogP contribution in [0.4, 0.5) is 5.13 Å². The summed E-state index contributed by atoms with van der Waals surface area (Å²) in [5.41, 5.74) is 0.233. The maximum Gasteiger partial charge on any atom is 0.306 e. The van der Waals surface area contributed by atoms with Crippen LogP contribution in [0, 0.1) is 11.3 Å². The number of carbonyl (C=O) groups excluding carboxylic acids is 1. The van der Waals surface area contributed by atoms with E-state index in [4.69, 9.17) is 8.92 Å². The molecule has 0 fully saturated rings. The highest BCUT2D eigenvalue weighted by Crippen LogP contribution is 2.38. The Morgan fingerprint density at radius 3 is 2.79 bits per heavy atom. The summed E-state index contributed by atoms with van der Waals surface area (Å²) in [5.74, 6) is 0.218. The number of rotatable bonds is 8. The maximum absolute atomic E-state index is 12.4. The van der Waals surface area contributed by atoms with Gasteiger partial charge in [-0.3, -0.25) is 10.1 Å². The zero-order valence-electron chi connectivity index (χ0n) is 15.4. The van der Waals surface area contributed by atoms with E-state index in [1.54, 1.807) is 0 Å². The number of anilines is 1. The summed E-state index contributed by atoms with van der Waals surface area (Å²) in [6.07, 6.45) is 2.23. The fraction of sp³-hybridized carbons (Fsp3) is 0.250. The van der Waals surface area contributed by atoms with E-state index in [9.17, 15) is 18.5 Å². The molecule has 2 rings (SSSR count). The lowest BCUT2D eigenvalue weighted by atomic mass is 10.1. The van der Waals surface area contributed by atoms with E-state index in [0.29, 0.717) is 10.7 Å². The van der Waals surface area contributed by atoms with Gasteiger partial charge in [0.1, 0.15) is 11.6 Å². The SMILES string of the molecule is CCSc1nsc(NC(=O)/C(C#N)=C\c2cc(Br)c(OS(C)(=O)=O)c(OC)c2)n1. The van der Waals surface area contributed by atoms with Gasteiger partial charge in [0.25, 0.3) is 5.91 Å². The summed E-state index contributed by atoms with van der Waals surface area (Å²) in [6, 6.07) is 4.77. The van der Waals surface area contributed by atoms with Crippen LogP contribution in [0.2, 0.25) is 0 Å². The summed E-state index contributed by atoms with van der Waals surface area (Å²) < 4.78 is 37.3. The Labute approximate surface area is 184 Å². The zero-order valence-corrected chi connectivity index (χ0v) is 19.5. The summed E-state index contributed by atoms with van der Waals surface area (Å²) in [7, 11) is -2.44. The zero-order chi connectivity index (χ0) is 21.6. The predicted octanol–water partition coefficient (Wildman–Crippen LogP) is 3.31. The Morgan fingerprint density at radius 2 is 2.21 bits per heavy atom. The van der Waals surface area contributed by atoms with Crippen LogP contribution in [0.3, 0.4) is 0 Å². The number of methoxy groups -OCH3 is 1. The highest BCUT2D eigenvalue weighted by molar-refractivity contribution is 9.10. The summed E-state index contributed by atoms with van der Waals surface area (Å²) in [6.45, 7) is 1.96. The van der Waals surface area contributed by atoms with Gasteiger partial charge in [0.05, 0.1) is 17.8 Å². The molecule has 0 bridgehead atoms. The molecule has 1 N–H and O–H groups in total. The quantitative estimate of drug-likeness (QED) is 0.242. The molecule has 0 unspecified atom stereocenters. The average Bonchev–Trinajstić information content (AvgIpc) is 3.07. The normalized spacial score (nSPS) is 11.6. The Kier molecular flexibility index (Phi) is 8.03. The molecule has 0 aliphatic carbocycles. The molecule has 154 valence electrons. The first-order valence-electron chi connectivity index (χ1n) is 7.83. The third-order valence-electron chi connectivity index (χ3n) is 3.06. The van der Waals surface area contributed by atoms with Crippen molar-refractivity contribution in [1.29, 1.82) is 5.26 Å². The van der Waals surface area contributed by atoms with Gasteiger partial charge in [-0.2, -0.15) is 23.0 Å². The van der Waals surface area contributed by atoms with Gasteiger partial charge in [0.2, 0.25) is 10.3 Å². The summed E-state index contributed by atoms with van der Waals surface area (Å²) in [4.78, 5) is 16.5. The van der Waals surface area contributed by atoms with Crippen LogP contribution in [0.1, 0.15) is 12.5 Å². The van der Waals surface area contributed by atoms with Crippen molar-refractivity contribution in [3.8, 4) is 17.6 Å². The number of benzene rings is 1. The molecule has 0 saturated carbocycles. The first kappa shape index (κ1) is 23.1. The third-order valence-corrected chi connectivity index (χ3v) is 5.60. The summed E-state index contributed by atoms with van der Waals surface area (Å²) in [5, 5.41) is 12.7. The molecular formula is C16H15BrN4O5S3. The van der Waals surface area contributed by atoms with E-state index in [-0.39, 0.29) is 26.7 Å². The molecule has 0 aliphatic heterocycles. The lowest BCUT2D eigenvalue weighted by Gasteiger charge is -2.11. The number of nitrogens with one attached hydrogen (secondary N) is 1. The minimum Gasteiger partial charge on any atom is -0.493 e. The standard InChI is InChI=1S/C16H15BrN4O5S3/c1-4-27-16-20-15(28-21-16)19-14(22)10(8-18)5-9-6-11(17)13(12(7-9)25-2)26-29(3,23)24/h5-7H,4H2,1-3H3,(H,19,20,21,22)/b10-5-.